The van der Waals surface area contributed by atoms with Gasteiger partial charge in [0.05, 0.1) is 16.6 Å². The Morgan fingerprint density at radius 1 is 0.299 bits per heavy atom. The van der Waals surface area contributed by atoms with E-state index in [0.717, 1.165) is 0 Å². The van der Waals surface area contributed by atoms with Crippen molar-refractivity contribution >= 4 is 38.1 Å². The molecule has 1 nitrogen and oxygen atoms in total. The molecule has 0 aliphatic heterocycles. The Labute approximate surface area is 525 Å². The SMILES string of the molecule is CCCCCCCCC1(CCCCCCCC)c2cc(-c3ccccc3)ccc2-c2ccc(-c3ccc4c(c3)c3cccc5c6cc(-c7ccc8c(c7)C(CCCCCCCC)(CCCCCCCC)c7cc(C(C)CC)ccc7-8)ccc6n4c35)cc21. The minimum atomic E-state index is -0.00837. The van der Waals surface area contributed by atoms with Crippen LogP contribution in [0.25, 0.3) is 93.7 Å². The summed E-state index contributed by atoms with van der Waals surface area (Å²) in [4.78, 5) is 0. The van der Waals surface area contributed by atoms with Crippen molar-refractivity contribution in [2.45, 2.75) is 244 Å². The Hall–Kier alpha value is -6.44. The number of rotatable bonds is 33. The summed E-state index contributed by atoms with van der Waals surface area (Å²) in [5.74, 6) is 0.559. The topological polar surface area (TPSA) is 4.41 Å². The first-order valence-corrected chi connectivity index (χ1v) is 35.7. The molecule has 2 aromatic heterocycles. The number of fused-ring (bicyclic) bond motifs is 12. The molecule has 0 spiro atoms. The summed E-state index contributed by atoms with van der Waals surface area (Å²) in [6.07, 6.45) is 38.0. The van der Waals surface area contributed by atoms with Gasteiger partial charge in [-0.15, -0.1) is 0 Å². The number of nitrogens with zero attached hydrogens (tertiary/aromatic N) is 1. The summed E-state index contributed by atoms with van der Waals surface area (Å²) < 4.78 is 2.60. The highest BCUT2D eigenvalue weighted by Gasteiger charge is 2.44. The van der Waals surface area contributed by atoms with Gasteiger partial charge in [-0.05, 0) is 164 Å². The molecule has 452 valence electrons. The van der Waals surface area contributed by atoms with Gasteiger partial charge in [0.25, 0.3) is 0 Å². The van der Waals surface area contributed by atoms with Crippen LogP contribution < -0.4 is 0 Å². The highest BCUT2D eigenvalue weighted by molar-refractivity contribution is 6.24. The average Bonchev–Trinajstić information content (AvgIpc) is 1.61. The maximum absolute atomic E-state index is 2.68. The largest absolute Gasteiger partial charge is 0.308 e. The summed E-state index contributed by atoms with van der Waals surface area (Å²) >= 11 is 0. The lowest BCUT2D eigenvalue weighted by Gasteiger charge is -2.34. The van der Waals surface area contributed by atoms with Crippen LogP contribution in [0.2, 0.25) is 0 Å². The normalized spacial score (nSPS) is 14.2. The van der Waals surface area contributed by atoms with Crippen LogP contribution in [0.3, 0.4) is 0 Å². The number of hydrogen-bond acceptors (Lipinski definition) is 0. The van der Waals surface area contributed by atoms with Gasteiger partial charge in [-0.2, -0.15) is 0 Å². The van der Waals surface area contributed by atoms with Gasteiger partial charge in [0.2, 0.25) is 0 Å². The van der Waals surface area contributed by atoms with E-state index in [4.69, 9.17) is 0 Å². The van der Waals surface area contributed by atoms with Gasteiger partial charge in [-0.3, -0.25) is 0 Å². The molecule has 8 aromatic carbocycles. The van der Waals surface area contributed by atoms with E-state index in [0.29, 0.717) is 5.92 Å². The maximum atomic E-state index is 2.68. The summed E-state index contributed by atoms with van der Waals surface area (Å²) in [5.41, 5.74) is 25.8. The van der Waals surface area contributed by atoms with E-state index in [1.165, 1.54) is 285 Å². The Kier molecular flexibility index (Phi) is 19.5. The van der Waals surface area contributed by atoms with Gasteiger partial charge in [-0.25, -0.2) is 0 Å². The summed E-state index contributed by atoms with van der Waals surface area (Å²) in [5, 5.41) is 5.41. The molecule has 12 rings (SSSR count). The third-order valence-corrected chi connectivity index (χ3v) is 21.8. The van der Waals surface area contributed by atoms with Crippen molar-refractivity contribution in [3.63, 3.8) is 0 Å². The van der Waals surface area contributed by atoms with Crippen molar-refractivity contribution in [2.75, 3.05) is 0 Å². The van der Waals surface area contributed by atoms with E-state index in [9.17, 15) is 0 Å². The molecule has 2 aliphatic carbocycles. The Morgan fingerprint density at radius 2 is 0.644 bits per heavy atom. The van der Waals surface area contributed by atoms with Crippen LogP contribution in [-0.4, -0.2) is 4.40 Å². The van der Waals surface area contributed by atoms with Crippen molar-refractivity contribution in [1.29, 1.82) is 0 Å². The van der Waals surface area contributed by atoms with Crippen molar-refractivity contribution in [2.24, 2.45) is 0 Å². The lowest BCUT2D eigenvalue weighted by atomic mass is 9.69. The molecule has 10 aromatic rings. The molecule has 0 bridgehead atoms. The molecule has 0 radical (unpaired) electrons. The molecule has 2 heterocycles. The van der Waals surface area contributed by atoms with Crippen LogP contribution in [0.1, 0.15) is 261 Å². The van der Waals surface area contributed by atoms with Crippen LogP contribution in [-0.2, 0) is 10.8 Å². The smallest absolute Gasteiger partial charge is 0.0620 e. The zero-order chi connectivity index (χ0) is 59.7. The second-order valence-corrected chi connectivity index (χ2v) is 27.5. The zero-order valence-electron chi connectivity index (χ0n) is 54.5. The molecular weight excluding hydrogens is 1050 g/mol. The number of hydrogen-bond donors (Lipinski definition) is 0. The lowest BCUT2D eigenvalue weighted by molar-refractivity contribution is 0.397. The van der Waals surface area contributed by atoms with Gasteiger partial charge < -0.3 is 4.40 Å². The third-order valence-electron chi connectivity index (χ3n) is 21.8. The summed E-state index contributed by atoms with van der Waals surface area (Å²) in [7, 11) is 0. The second-order valence-electron chi connectivity index (χ2n) is 27.5. The average molecular weight is 1150 g/mol. The Balaban J connectivity index is 0.910. The molecule has 0 saturated carbocycles. The fourth-order valence-corrected chi connectivity index (χ4v) is 16.7. The first-order valence-electron chi connectivity index (χ1n) is 35.7. The van der Waals surface area contributed by atoms with E-state index in [1.807, 2.05) is 0 Å². The van der Waals surface area contributed by atoms with E-state index in [1.54, 1.807) is 22.3 Å². The molecule has 0 N–H and O–H groups in total. The van der Waals surface area contributed by atoms with E-state index >= 15 is 0 Å². The summed E-state index contributed by atoms with van der Waals surface area (Å²) in [6.45, 7) is 14.2. The van der Waals surface area contributed by atoms with Crippen molar-refractivity contribution in [1.82, 2.24) is 4.40 Å². The van der Waals surface area contributed by atoms with Crippen LogP contribution in [0, 0.1) is 0 Å². The first kappa shape index (κ1) is 60.8. The highest BCUT2D eigenvalue weighted by atomic mass is 14.9. The predicted molar refractivity (Wildman–Crippen MR) is 381 cm³/mol. The molecule has 0 saturated heterocycles. The highest BCUT2D eigenvalue weighted by Crippen LogP contribution is 2.58. The fraction of sp³-hybridized carbons (Fsp3) is 0.442. The van der Waals surface area contributed by atoms with E-state index in [2.05, 4.69) is 204 Å². The van der Waals surface area contributed by atoms with Crippen LogP contribution in [0.5, 0.6) is 0 Å². The molecule has 0 fully saturated rings. The maximum Gasteiger partial charge on any atom is 0.0620 e. The fourth-order valence-electron chi connectivity index (χ4n) is 16.7. The van der Waals surface area contributed by atoms with Gasteiger partial charge in [0.15, 0.2) is 0 Å². The minimum Gasteiger partial charge on any atom is -0.308 e. The molecule has 87 heavy (non-hydrogen) atoms. The van der Waals surface area contributed by atoms with Crippen LogP contribution in [0.4, 0.5) is 0 Å². The minimum absolute atomic E-state index is 0.00837. The predicted octanol–water partition coefficient (Wildman–Crippen LogP) is 26.9. The number of benzene rings is 8. The van der Waals surface area contributed by atoms with Crippen LogP contribution in [0.15, 0.2) is 158 Å². The number of para-hydroxylation sites is 1. The quantitative estimate of drug-likeness (QED) is 0.0361. The third kappa shape index (κ3) is 12.0. The van der Waals surface area contributed by atoms with E-state index in [-0.39, 0.29) is 10.8 Å². The Bertz CT molecular complexity index is 3870. The van der Waals surface area contributed by atoms with Gasteiger partial charge in [-0.1, -0.05) is 311 Å². The van der Waals surface area contributed by atoms with Crippen molar-refractivity contribution in [3.8, 4) is 55.6 Å². The molecular formula is C86H103N. The lowest BCUT2D eigenvalue weighted by Crippen LogP contribution is -2.26. The molecule has 0 amide bonds. The Morgan fingerprint density at radius 3 is 1.05 bits per heavy atom. The second kappa shape index (κ2) is 27.9. The zero-order valence-corrected chi connectivity index (χ0v) is 54.5. The molecule has 1 heteroatoms. The van der Waals surface area contributed by atoms with Gasteiger partial charge in [0, 0.05) is 32.4 Å². The summed E-state index contributed by atoms with van der Waals surface area (Å²) in [6, 6.07) is 63.5. The molecule has 2 aliphatic rings. The first-order chi connectivity index (χ1) is 42.9. The van der Waals surface area contributed by atoms with Crippen molar-refractivity contribution < 1.29 is 0 Å². The standard InChI is InChI=1S/C86H103N/c1-7-12-16-20-24-31-52-85(53-32-25-21-17-13-8-2)78-58-64(62(6)11-5)40-46-70(78)72-48-42-68(60-80(72)85)65-44-50-82-76(56-65)74-38-35-39-75-77-57-66(45-51-83(77)87(82)84(74)75)69-43-49-73-71-47-41-67(63-36-29-28-30-37-63)59-79(71)86(81(73)61-69,54-33-26-22-18-14-9-3)55-34-27-23-19-15-10-4/h28-30,35-51,56-62H,7-27,31-34,52-55H2,1-6H3. The van der Waals surface area contributed by atoms with Gasteiger partial charge in [0.1, 0.15) is 0 Å². The molecule has 1 atom stereocenters. The van der Waals surface area contributed by atoms with Crippen LogP contribution >= 0.6 is 0 Å². The molecule has 1 unspecified atom stereocenters. The van der Waals surface area contributed by atoms with Crippen molar-refractivity contribution in [3.05, 3.63) is 186 Å². The monoisotopic (exact) mass is 1150 g/mol. The number of unbranched alkanes of at least 4 members (excludes halogenated alkanes) is 20. The number of aromatic nitrogens is 1. The van der Waals surface area contributed by atoms with Gasteiger partial charge >= 0.3 is 0 Å². The van der Waals surface area contributed by atoms with E-state index < -0.39 is 0 Å².